The molecule has 0 saturated carbocycles. The van der Waals surface area contributed by atoms with E-state index in [4.69, 9.17) is 9.47 Å². The molecule has 1 fully saturated rings. The lowest BCUT2D eigenvalue weighted by Gasteiger charge is -2.35. The van der Waals surface area contributed by atoms with Gasteiger partial charge in [0.15, 0.2) is 0 Å². The van der Waals surface area contributed by atoms with Crippen LogP contribution in [0.3, 0.4) is 0 Å². The summed E-state index contributed by atoms with van der Waals surface area (Å²) in [5.41, 5.74) is 0.586. The Morgan fingerprint density at radius 1 is 1.26 bits per heavy atom. The average Bonchev–Trinajstić information content (AvgIpc) is 2.75. The number of rotatable bonds is 12. The van der Waals surface area contributed by atoms with E-state index in [1.165, 1.54) is 8.61 Å². The van der Waals surface area contributed by atoms with Crippen molar-refractivity contribution in [3.05, 3.63) is 24.3 Å². The molecular weight excluding hydrogens is 418 g/mol. The van der Waals surface area contributed by atoms with Crippen molar-refractivity contribution in [2.24, 2.45) is 5.92 Å². The van der Waals surface area contributed by atoms with Crippen molar-refractivity contribution < 1.29 is 22.7 Å². The third kappa shape index (κ3) is 7.36. The molecule has 9 heteroatoms. The van der Waals surface area contributed by atoms with Crippen LogP contribution in [-0.4, -0.2) is 64.1 Å². The first kappa shape index (κ1) is 25.4. The molecule has 0 bridgehead atoms. The Labute approximate surface area is 187 Å². The molecule has 1 aliphatic heterocycles. The molecule has 0 radical (unpaired) electrons. The van der Waals surface area contributed by atoms with Crippen LogP contribution in [0.15, 0.2) is 24.3 Å². The van der Waals surface area contributed by atoms with Crippen LogP contribution < -0.4 is 14.4 Å². The number of amides is 1. The maximum Gasteiger partial charge on any atom is 0.304 e. The third-order valence-electron chi connectivity index (χ3n) is 5.15. The Morgan fingerprint density at radius 3 is 2.58 bits per heavy atom. The fourth-order valence-corrected chi connectivity index (χ4v) is 5.33. The number of nitrogens with zero attached hydrogens (tertiary/aromatic N) is 2. The number of hydrogen-bond donors (Lipinski definition) is 1. The van der Waals surface area contributed by atoms with Gasteiger partial charge < -0.3 is 14.8 Å². The van der Waals surface area contributed by atoms with Gasteiger partial charge in [-0.25, -0.2) is 0 Å². The molecule has 1 saturated heterocycles. The lowest BCUT2D eigenvalue weighted by molar-refractivity contribution is -0.126. The van der Waals surface area contributed by atoms with Crippen molar-refractivity contribution >= 4 is 21.8 Å². The van der Waals surface area contributed by atoms with Gasteiger partial charge >= 0.3 is 10.2 Å². The second-order valence-electron chi connectivity index (χ2n) is 7.86. The van der Waals surface area contributed by atoms with Crippen LogP contribution in [0.4, 0.5) is 5.69 Å². The molecule has 176 valence electrons. The second kappa shape index (κ2) is 12.3. The number of carbonyl (C=O) groups excluding carboxylic acids is 1. The van der Waals surface area contributed by atoms with E-state index in [0.29, 0.717) is 57.1 Å². The Hall–Kier alpha value is -1.84. The van der Waals surface area contributed by atoms with Gasteiger partial charge in [-0.15, -0.1) is 0 Å². The van der Waals surface area contributed by atoms with Crippen molar-refractivity contribution in [3.8, 4) is 5.75 Å². The lowest BCUT2D eigenvalue weighted by atomic mass is 9.99. The van der Waals surface area contributed by atoms with E-state index in [-0.39, 0.29) is 24.5 Å². The molecule has 1 atom stereocenters. The molecule has 0 aromatic heterocycles. The van der Waals surface area contributed by atoms with E-state index in [2.05, 4.69) is 5.32 Å². The standard InChI is InChI=1S/C22H37N3O5S/c1-5-25(20-10-12-21(13-11-20)29-6-2)31(27,28)24-15-7-9-19(17-24)22(26)23-14-8-16-30-18(3)4/h10-13,18-19H,5-9,14-17H2,1-4H3,(H,23,26)/t19-/m0/s1. The molecule has 0 aliphatic carbocycles. The smallest absolute Gasteiger partial charge is 0.304 e. The van der Waals surface area contributed by atoms with Crippen LogP contribution >= 0.6 is 0 Å². The fourth-order valence-electron chi connectivity index (χ4n) is 3.61. The summed E-state index contributed by atoms with van der Waals surface area (Å²) >= 11 is 0. The minimum absolute atomic E-state index is 0.0893. The first-order valence-electron chi connectivity index (χ1n) is 11.2. The molecule has 1 aromatic carbocycles. The highest BCUT2D eigenvalue weighted by atomic mass is 32.2. The van der Waals surface area contributed by atoms with Crippen LogP contribution in [0.2, 0.25) is 0 Å². The zero-order valence-corrected chi connectivity index (χ0v) is 20.0. The van der Waals surface area contributed by atoms with Gasteiger partial charge in [-0.3, -0.25) is 9.10 Å². The highest BCUT2D eigenvalue weighted by molar-refractivity contribution is 7.90. The maximum absolute atomic E-state index is 13.3. The maximum atomic E-state index is 13.3. The fraction of sp³-hybridized carbons (Fsp3) is 0.682. The van der Waals surface area contributed by atoms with Gasteiger partial charge in [-0.1, -0.05) is 0 Å². The molecule has 1 heterocycles. The molecule has 31 heavy (non-hydrogen) atoms. The minimum atomic E-state index is -3.73. The lowest BCUT2D eigenvalue weighted by Crippen LogP contribution is -2.50. The quantitative estimate of drug-likeness (QED) is 0.490. The highest BCUT2D eigenvalue weighted by Gasteiger charge is 2.35. The molecule has 1 aromatic rings. The van der Waals surface area contributed by atoms with Gasteiger partial charge in [0, 0.05) is 32.8 Å². The van der Waals surface area contributed by atoms with Crippen LogP contribution in [0.5, 0.6) is 5.75 Å². The van der Waals surface area contributed by atoms with Crippen molar-refractivity contribution in [1.29, 1.82) is 0 Å². The van der Waals surface area contributed by atoms with E-state index >= 15 is 0 Å². The summed E-state index contributed by atoms with van der Waals surface area (Å²) < 4.78 is 40.4. The van der Waals surface area contributed by atoms with Crippen LogP contribution in [0.25, 0.3) is 0 Å². The Bertz CT molecular complexity index is 783. The van der Waals surface area contributed by atoms with Gasteiger partial charge in [-0.2, -0.15) is 12.7 Å². The molecule has 1 N–H and O–H groups in total. The van der Waals surface area contributed by atoms with Crippen LogP contribution in [0.1, 0.15) is 47.0 Å². The van der Waals surface area contributed by atoms with E-state index in [1.54, 1.807) is 31.2 Å². The van der Waals surface area contributed by atoms with E-state index < -0.39 is 10.2 Å². The zero-order chi connectivity index (χ0) is 22.9. The summed E-state index contributed by atoms with van der Waals surface area (Å²) in [5, 5.41) is 2.92. The summed E-state index contributed by atoms with van der Waals surface area (Å²) in [5.74, 6) is 0.273. The summed E-state index contributed by atoms with van der Waals surface area (Å²) in [6.45, 7) is 10.3. The molecular formula is C22H37N3O5S. The minimum Gasteiger partial charge on any atom is -0.494 e. The van der Waals surface area contributed by atoms with Gasteiger partial charge in [0.2, 0.25) is 5.91 Å². The van der Waals surface area contributed by atoms with Crippen molar-refractivity contribution in [1.82, 2.24) is 9.62 Å². The summed E-state index contributed by atoms with van der Waals surface area (Å²) in [4.78, 5) is 12.6. The molecule has 0 unspecified atom stereocenters. The Morgan fingerprint density at radius 2 is 1.97 bits per heavy atom. The first-order chi connectivity index (χ1) is 14.8. The van der Waals surface area contributed by atoms with Crippen molar-refractivity contribution in [3.63, 3.8) is 0 Å². The SMILES string of the molecule is CCOc1ccc(N(CC)S(=O)(=O)N2CCC[C@H](C(=O)NCCCOC(C)C)C2)cc1. The Balaban J connectivity index is 1.98. The van der Waals surface area contributed by atoms with E-state index in [0.717, 1.165) is 6.42 Å². The number of hydrogen-bond acceptors (Lipinski definition) is 5. The number of anilines is 1. The van der Waals surface area contributed by atoms with E-state index in [9.17, 15) is 13.2 Å². The monoisotopic (exact) mass is 455 g/mol. The number of benzene rings is 1. The van der Waals surface area contributed by atoms with Gasteiger partial charge in [0.1, 0.15) is 5.75 Å². The van der Waals surface area contributed by atoms with Gasteiger partial charge in [-0.05, 0) is 71.2 Å². The summed E-state index contributed by atoms with van der Waals surface area (Å²) in [6, 6.07) is 7.04. The summed E-state index contributed by atoms with van der Waals surface area (Å²) in [7, 11) is -3.73. The normalized spacial score (nSPS) is 17.5. The average molecular weight is 456 g/mol. The molecule has 1 aliphatic rings. The summed E-state index contributed by atoms with van der Waals surface area (Å²) in [6.07, 6.45) is 2.26. The van der Waals surface area contributed by atoms with Crippen LogP contribution in [-0.2, 0) is 19.7 Å². The number of ether oxygens (including phenoxy) is 2. The number of nitrogens with one attached hydrogen (secondary N) is 1. The van der Waals surface area contributed by atoms with Gasteiger partial charge in [0.25, 0.3) is 0 Å². The zero-order valence-electron chi connectivity index (χ0n) is 19.2. The largest absolute Gasteiger partial charge is 0.494 e. The molecule has 2 rings (SSSR count). The molecule has 1 amide bonds. The van der Waals surface area contributed by atoms with Crippen molar-refractivity contribution in [2.75, 3.05) is 43.7 Å². The number of carbonyl (C=O) groups is 1. The molecule has 0 spiro atoms. The molecule has 8 nitrogen and oxygen atoms in total. The van der Waals surface area contributed by atoms with E-state index in [1.807, 2.05) is 20.8 Å². The predicted molar refractivity (Wildman–Crippen MR) is 123 cm³/mol. The second-order valence-corrected chi connectivity index (χ2v) is 9.71. The first-order valence-corrected chi connectivity index (χ1v) is 12.6. The topological polar surface area (TPSA) is 88.2 Å². The third-order valence-corrected chi connectivity index (χ3v) is 7.16. The number of piperidine rings is 1. The predicted octanol–water partition coefficient (Wildman–Crippen LogP) is 2.80. The van der Waals surface area contributed by atoms with Crippen molar-refractivity contribution in [2.45, 2.75) is 53.1 Å². The highest BCUT2D eigenvalue weighted by Crippen LogP contribution is 2.27. The van der Waals surface area contributed by atoms with Gasteiger partial charge in [0.05, 0.1) is 24.3 Å². The van der Waals surface area contributed by atoms with Crippen LogP contribution in [0, 0.1) is 5.92 Å². The Kier molecular flexibility index (Phi) is 10.1.